The van der Waals surface area contributed by atoms with E-state index in [4.69, 9.17) is 9.54 Å². The molecule has 2 aromatic heterocycles. The van der Waals surface area contributed by atoms with Crippen molar-refractivity contribution in [2.75, 3.05) is 22.6 Å². The third-order valence-corrected chi connectivity index (χ3v) is 6.57. The van der Waals surface area contributed by atoms with Crippen molar-refractivity contribution in [2.45, 2.75) is 5.75 Å². The SMILES string of the molecule is CN(c1ccc2c(c1)nc(Nc1ccc(F)cc1)n2C)c1ccnc(Nc2cccc(CS(=O)(=O)O)c2)n1. The molecule has 10 nitrogen and oxygen atoms in total. The van der Waals surface area contributed by atoms with Crippen molar-refractivity contribution in [1.82, 2.24) is 19.5 Å². The molecule has 5 aromatic rings. The van der Waals surface area contributed by atoms with Gasteiger partial charge in [0.1, 0.15) is 17.4 Å². The third kappa shape index (κ3) is 5.71. The smallest absolute Gasteiger partial charge is 0.269 e. The van der Waals surface area contributed by atoms with Gasteiger partial charge < -0.3 is 20.1 Å². The zero-order valence-electron chi connectivity index (χ0n) is 20.5. The summed E-state index contributed by atoms with van der Waals surface area (Å²) in [6.45, 7) is 0. The van der Waals surface area contributed by atoms with Crippen LogP contribution in [0.3, 0.4) is 0 Å². The summed E-state index contributed by atoms with van der Waals surface area (Å²) < 4.78 is 46.7. The molecule has 5 rings (SSSR count). The van der Waals surface area contributed by atoms with Gasteiger partial charge in [0, 0.05) is 37.4 Å². The van der Waals surface area contributed by atoms with Gasteiger partial charge in [-0.2, -0.15) is 13.4 Å². The number of aromatic nitrogens is 4. The highest BCUT2D eigenvalue weighted by atomic mass is 32.2. The molecule has 0 saturated heterocycles. The summed E-state index contributed by atoms with van der Waals surface area (Å²) in [5.41, 5.74) is 4.28. The van der Waals surface area contributed by atoms with Crippen LogP contribution in [-0.4, -0.2) is 39.5 Å². The number of hydrogen-bond acceptors (Lipinski definition) is 8. The first-order valence-electron chi connectivity index (χ1n) is 11.5. The second-order valence-electron chi connectivity index (χ2n) is 8.65. The fourth-order valence-corrected chi connectivity index (χ4v) is 4.58. The minimum Gasteiger partial charge on any atom is -0.329 e. The van der Waals surface area contributed by atoms with Gasteiger partial charge in [0.2, 0.25) is 11.9 Å². The van der Waals surface area contributed by atoms with Crippen LogP contribution in [0.4, 0.5) is 39.2 Å². The number of benzene rings is 3. The maximum absolute atomic E-state index is 13.2. The van der Waals surface area contributed by atoms with Crippen molar-refractivity contribution in [2.24, 2.45) is 7.05 Å². The lowest BCUT2D eigenvalue weighted by atomic mass is 10.2. The third-order valence-electron chi connectivity index (χ3n) is 5.87. The molecule has 0 spiro atoms. The van der Waals surface area contributed by atoms with E-state index in [1.54, 1.807) is 48.7 Å². The Balaban J connectivity index is 1.36. The molecule has 12 heteroatoms. The summed E-state index contributed by atoms with van der Waals surface area (Å²) >= 11 is 0. The summed E-state index contributed by atoms with van der Waals surface area (Å²) in [4.78, 5) is 15.4. The molecule has 2 heterocycles. The van der Waals surface area contributed by atoms with E-state index in [1.165, 1.54) is 12.1 Å². The highest BCUT2D eigenvalue weighted by molar-refractivity contribution is 7.85. The van der Waals surface area contributed by atoms with Crippen LogP contribution in [-0.2, 0) is 22.9 Å². The molecular formula is C26H24FN7O3S. The number of halogens is 1. The first-order valence-corrected chi connectivity index (χ1v) is 13.1. The zero-order chi connectivity index (χ0) is 26.9. The van der Waals surface area contributed by atoms with Crippen LogP contribution < -0.4 is 15.5 Å². The average molecular weight is 534 g/mol. The molecule has 3 N–H and O–H groups in total. The van der Waals surface area contributed by atoms with Crippen LogP contribution >= 0.6 is 0 Å². The van der Waals surface area contributed by atoms with Gasteiger partial charge in [0.25, 0.3) is 10.1 Å². The Labute approximate surface area is 218 Å². The molecule has 0 aliphatic heterocycles. The zero-order valence-corrected chi connectivity index (χ0v) is 21.3. The first kappa shape index (κ1) is 25.1. The highest BCUT2D eigenvalue weighted by Crippen LogP contribution is 2.29. The fourth-order valence-electron chi connectivity index (χ4n) is 3.98. The van der Waals surface area contributed by atoms with E-state index < -0.39 is 15.9 Å². The van der Waals surface area contributed by atoms with E-state index in [9.17, 15) is 12.8 Å². The lowest BCUT2D eigenvalue weighted by Crippen LogP contribution is -2.12. The van der Waals surface area contributed by atoms with Crippen molar-refractivity contribution in [3.05, 3.63) is 90.4 Å². The molecule has 0 saturated carbocycles. The fraction of sp³-hybridized carbons (Fsp3) is 0.115. The number of imidazole rings is 1. The Morgan fingerprint density at radius 1 is 0.974 bits per heavy atom. The topological polar surface area (TPSA) is 125 Å². The molecule has 0 fully saturated rings. The molecule has 0 atom stereocenters. The molecule has 0 aliphatic rings. The Morgan fingerprint density at radius 3 is 2.53 bits per heavy atom. The predicted molar refractivity (Wildman–Crippen MR) is 145 cm³/mol. The van der Waals surface area contributed by atoms with Gasteiger partial charge in [-0.05, 0) is 66.2 Å². The van der Waals surface area contributed by atoms with Gasteiger partial charge in [-0.1, -0.05) is 12.1 Å². The van der Waals surface area contributed by atoms with Gasteiger partial charge in [-0.3, -0.25) is 4.55 Å². The van der Waals surface area contributed by atoms with Crippen LogP contribution in [0.25, 0.3) is 11.0 Å². The van der Waals surface area contributed by atoms with E-state index in [0.717, 1.165) is 22.4 Å². The number of anilines is 6. The van der Waals surface area contributed by atoms with Crippen LogP contribution in [0, 0.1) is 5.82 Å². The van der Waals surface area contributed by atoms with Crippen molar-refractivity contribution >= 4 is 55.9 Å². The minimum absolute atomic E-state index is 0.304. The lowest BCUT2D eigenvalue weighted by molar-refractivity contribution is 0.482. The lowest BCUT2D eigenvalue weighted by Gasteiger charge is -2.19. The Bertz CT molecular complexity index is 1720. The largest absolute Gasteiger partial charge is 0.329 e. The van der Waals surface area contributed by atoms with Crippen molar-refractivity contribution in [3.8, 4) is 0 Å². The van der Waals surface area contributed by atoms with Gasteiger partial charge in [-0.15, -0.1) is 0 Å². The number of aryl methyl sites for hydroxylation is 1. The van der Waals surface area contributed by atoms with Gasteiger partial charge in [0.15, 0.2) is 0 Å². The molecular weight excluding hydrogens is 509 g/mol. The number of fused-ring (bicyclic) bond motifs is 1. The molecule has 38 heavy (non-hydrogen) atoms. The van der Waals surface area contributed by atoms with E-state index in [2.05, 4.69) is 20.6 Å². The minimum atomic E-state index is -4.14. The van der Waals surface area contributed by atoms with Crippen LogP contribution in [0.1, 0.15) is 5.56 Å². The van der Waals surface area contributed by atoms with E-state index in [-0.39, 0.29) is 5.82 Å². The molecule has 0 aliphatic carbocycles. The van der Waals surface area contributed by atoms with E-state index >= 15 is 0 Å². The van der Waals surface area contributed by atoms with E-state index in [1.807, 2.05) is 41.8 Å². The molecule has 0 unspecified atom stereocenters. The second kappa shape index (κ2) is 10.1. The van der Waals surface area contributed by atoms with Crippen molar-refractivity contribution in [1.29, 1.82) is 0 Å². The monoisotopic (exact) mass is 533 g/mol. The van der Waals surface area contributed by atoms with Crippen molar-refractivity contribution < 1.29 is 17.4 Å². The predicted octanol–water partition coefficient (Wildman–Crippen LogP) is 5.15. The van der Waals surface area contributed by atoms with Crippen LogP contribution in [0.5, 0.6) is 0 Å². The van der Waals surface area contributed by atoms with Gasteiger partial charge in [0.05, 0.1) is 11.0 Å². The summed E-state index contributed by atoms with van der Waals surface area (Å²) in [5.74, 6) is 0.779. The number of nitrogens with one attached hydrogen (secondary N) is 2. The standard InChI is InChI=1S/C26H24FN7O3S/c1-33(24-12-13-28-25(32-24)29-20-5-3-4-17(14-20)16-38(35,36)37)21-10-11-23-22(15-21)31-26(34(23)2)30-19-8-6-18(27)7-9-19/h3-15H,16H2,1-2H3,(H,30,31)(H,28,29,32)(H,35,36,37). The Kier molecular flexibility index (Phi) is 6.66. The number of nitrogens with zero attached hydrogens (tertiary/aromatic N) is 5. The molecule has 3 aromatic carbocycles. The highest BCUT2D eigenvalue weighted by Gasteiger charge is 2.13. The van der Waals surface area contributed by atoms with Gasteiger partial charge in [-0.25, -0.2) is 14.4 Å². The Hall–Kier alpha value is -4.55. The number of hydrogen-bond donors (Lipinski definition) is 3. The molecule has 0 radical (unpaired) electrons. The van der Waals surface area contributed by atoms with Crippen molar-refractivity contribution in [3.63, 3.8) is 0 Å². The molecule has 0 bridgehead atoms. The van der Waals surface area contributed by atoms with Gasteiger partial charge >= 0.3 is 0 Å². The van der Waals surface area contributed by atoms with Crippen LogP contribution in [0.2, 0.25) is 0 Å². The summed E-state index contributed by atoms with van der Waals surface area (Å²) in [5, 5.41) is 6.28. The summed E-state index contributed by atoms with van der Waals surface area (Å²) in [6.07, 6.45) is 1.62. The van der Waals surface area contributed by atoms with Crippen LogP contribution in [0.15, 0.2) is 79.0 Å². The average Bonchev–Trinajstić information content (AvgIpc) is 3.18. The second-order valence-corrected chi connectivity index (χ2v) is 10.1. The Morgan fingerprint density at radius 2 is 1.76 bits per heavy atom. The molecule has 0 amide bonds. The molecule has 194 valence electrons. The summed E-state index contributed by atoms with van der Waals surface area (Å²) in [6, 6.07) is 20.4. The maximum atomic E-state index is 13.2. The maximum Gasteiger partial charge on any atom is 0.269 e. The summed E-state index contributed by atoms with van der Waals surface area (Å²) in [7, 11) is -0.363. The normalized spacial score (nSPS) is 11.5. The first-order chi connectivity index (χ1) is 18.1. The van der Waals surface area contributed by atoms with E-state index in [0.29, 0.717) is 29.0 Å². The number of rotatable bonds is 8. The quantitative estimate of drug-likeness (QED) is 0.232.